The van der Waals surface area contributed by atoms with Gasteiger partial charge < -0.3 is 30.4 Å². The summed E-state index contributed by atoms with van der Waals surface area (Å²) in [6.45, 7) is 0.472. The molecule has 0 radical (unpaired) electrons. The predicted molar refractivity (Wildman–Crippen MR) is 122 cm³/mol. The van der Waals surface area contributed by atoms with Crippen LogP contribution in [0.3, 0.4) is 0 Å². The Hall–Kier alpha value is -3.99. The molecule has 0 spiro atoms. The molecule has 1 aromatic heterocycles. The Labute approximate surface area is 210 Å². The summed E-state index contributed by atoms with van der Waals surface area (Å²) in [5, 5.41) is 27.8. The molecule has 36 heavy (non-hydrogen) atoms. The van der Waals surface area contributed by atoms with Crippen LogP contribution in [0.15, 0.2) is 21.8 Å². The number of nitrogens with one attached hydrogen (secondary N) is 2. The Morgan fingerprint density at radius 3 is 2.64 bits per heavy atom. The molecule has 3 amide bonds. The molecule has 2 atom stereocenters. The van der Waals surface area contributed by atoms with Gasteiger partial charge in [0.1, 0.15) is 32.0 Å². The molecule has 1 fully saturated rings. The standard InChI is InChI=1S/C19H19N5O10S2/c1-8(25)34-6-9-16(17(31)32)24-13(28)4-14(24)36-19(9,23-12(27)5-20-33-2)10-7-35-18(21-10)22-11(26)3-15(29)30/h5,7,14H,3-4,6H2,1-2H3,(H,23,27)(H,29,30)(H,31,32)(H,21,22,26)/t14-,19?/m1/s1. The van der Waals surface area contributed by atoms with Crippen molar-refractivity contribution in [1.29, 1.82) is 0 Å². The second-order valence-corrected chi connectivity index (χ2v) is 9.45. The molecule has 2 aliphatic rings. The van der Waals surface area contributed by atoms with Gasteiger partial charge in [-0.05, 0) is 0 Å². The normalized spacial score (nSPS) is 20.9. The number of carboxylic acids is 2. The summed E-state index contributed by atoms with van der Waals surface area (Å²) in [4.78, 5) is 79.6. The topological polar surface area (TPSA) is 214 Å². The summed E-state index contributed by atoms with van der Waals surface area (Å²) in [5.74, 6) is -5.80. The van der Waals surface area contributed by atoms with E-state index in [9.17, 15) is 33.9 Å². The molecule has 4 N–H and O–H groups in total. The van der Waals surface area contributed by atoms with Gasteiger partial charge in [0.15, 0.2) is 10.0 Å². The second kappa shape index (κ2) is 10.7. The van der Waals surface area contributed by atoms with E-state index in [1.54, 1.807) is 0 Å². The van der Waals surface area contributed by atoms with Gasteiger partial charge in [0.2, 0.25) is 11.8 Å². The highest BCUT2D eigenvalue weighted by molar-refractivity contribution is 8.01. The smallest absolute Gasteiger partial charge is 0.352 e. The zero-order valence-electron chi connectivity index (χ0n) is 18.7. The van der Waals surface area contributed by atoms with Crippen molar-refractivity contribution in [2.24, 2.45) is 5.16 Å². The summed E-state index contributed by atoms with van der Waals surface area (Å²) >= 11 is 1.85. The number of fused-ring (bicyclic) bond motifs is 1. The molecule has 0 saturated carbocycles. The SMILES string of the molecule is CON=CC(=O)NC1(c2csc(NC(=O)CC(=O)O)n2)S[C@@H]2CC(=O)N2C(C(=O)O)=C1COC(C)=O. The third kappa shape index (κ3) is 5.46. The maximum absolute atomic E-state index is 12.7. The Balaban J connectivity index is 2.17. The minimum absolute atomic E-state index is 0.0298. The lowest BCUT2D eigenvalue weighted by atomic mass is 9.97. The van der Waals surface area contributed by atoms with Crippen LogP contribution in [0.4, 0.5) is 5.13 Å². The number of oxime groups is 1. The van der Waals surface area contributed by atoms with E-state index in [0.29, 0.717) is 0 Å². The number of hydrogen-bond donors (Lipinski definition) is 4. The number of thioether (sulfide) groups is 1. The fourth-order valence-electron chi connectivity index (χ4n) is 3.40. The molecule has 2 aliphatic heterocycles. The van der Waals surface area contributed by atoms with Crippen molar-refractivity contribution in [1.82, 2.24) is 15.2 Å². The molecule has 0 aromatic carbocycles. The number of amides is 3. The zero-order chi connectivity index (χ0) is 26.6. The number of ether oxygens (including phenoxy) is 1. The highest BCUT2D eigenvalue weighted by atomic mass is 32.2. The lowest BCUT2D eigenvalue weighted by Gasteiger charge is -2.51. The number of hydrogen-bond acceptors (Lipinski definition) is 12. The first kappa shape index (κ1) is 26.6. The monoisotopic (exact) mass is 541 g/mol. The molecule has 15 nitrogen and oxygen atoms in total. The van der Waals surface area contributed by atoms with Crippen molar-refractivity contribution in [2.75, 3.05) is 19.0 Å². The third-order valence-corrected chi connectivity index (χ3v) is 7.11. The van der Waals surface area contributed by atoms with Crippen LogP contribution in [0.5, 0.6) is 0 Å². The minimum atomic E-state index is -1.78. The van der Waals surface area contributed by atoms with E-state index in [0.717, 1.165) is 41.1 Å². The van der Waals surface area contributed by atoms with Crippen LogP contribution in [0.1, 0.15) is 25.5 Å². The maximum Gasteiger partial charge on any atom is 0.352 e. The van der Waals surface area contributed by atoms with Gasteiger partial charge in [0, 0.05) is 17.9 Å². The average molecular weight is 542 g/mol. The van der Waals surface area contributed by atoms with Gasteiger partial charge >= 0.3 is 17.9 Å². The Kier molecular flexibility index (Phi) is 7.93. The molecular weight excluding hydrogens is 522 g/mol. The fourth-order valence-corrected chi connectivity index (χ4v) is 5.89. The van der Waals surface area contributed by atoms with Gasteiger partial charge in [-0.1, -0.05) is 16.9 Å². The Bertz CT molecular complexity index is 1190. The van der Waals surface area contributed by atoms with E-state index in [1.807, 2.05) is 0 Å². The number of aliphatic carboxylic acids is 2. The highest BCUT2D eigenvalue weighted by Crippen LogP contribution is 2.54. The number of carboxylic acid groups (broad SMARTS) is 2. The van der Waals surface area contributed by atoms with E-state index in [2.05, 4.69) is 25.6 Å². The average Bonchev–Trinajstić information content (AvgIpc) is 3.23. The predicted octanol–water partition coefficient (Wildman–Crippen LogP) is -0.335. The van der Waals surface area contributed by atoms with Crippen LogP contribution in [-0.2, 0) is 43.2 Å². The van der Waals surface area contributed by atoms with Gasteiger partial charge in [0.05, 0.1) is 17.5 Å². The Morgan fingerprint density at radius 1 is 1.33 bits per heavy atom. The Morgan fingerprint density at radius 2 is 2.06 bits per heavy atom. The van der Waals surface area contributed by atoms with Gasteiger partial charge in [-0.2, -0.15) is 0 Å². The molecule has 3 heterocycles. The molecule has 1 aromatic rings. The van der Waals surface area contributed by atoms with Crippen LogP contribution < -0.4 is 10.6 Å². The summed E-state index contributed by atoms with van der Waals surface area (Å²) in [7, 11) is 1.20. The first-order chi connectivity index (χ1) is 17.0. The largest absolute Gasteiger partial charge is 0.481 e. The van der Waals surface area contributed by atoms with Crippen molar-refractivity contribution in [3.63, 3.8) is 0 Å². The van der Waals surface area contributed by atoms with Gasteiger partial charge in [-0.25, -0.2) is 9.78 Å². The number of rotatable bonds is 10. The van der Waals surface area contributed by atoms with Crippen LogP contribution in [0, 0.1) is 0 Å². The molecule has 0 aliphatic carbocycles. The summed E-state index contributed by atoms with van der Waals surface area (Å²) < 4.78 is 5.08. The number of β-lactam (4-membered cyclic amide) rings is 1. The van der Waals surface area contributed by atoms with Crippen LogP contribution >= 0.6 is 23.1 Å². The van der Waals surface area contributed by atoms with Crippen LogP contribution in [-0.4, -0.2) is 81.0 Å². The molecule has 1 saturated heterocycles. The number of nitrogens with zero attached hydrogens (tertiary/aromatic N) is 3. The second-order valence-electron chi connectivity index (χ2n) is 7.20. The van der Waals surface area contributed by atoms with Crippen LogP contribution in [0.25, 0.3) is 0 Å². The quantitative estimate of drug-likeness (QED) is 0.0984. The number of thiazole rings is 1. The zero-order valence-corrected chi connectivity index (χ0v) is 20.3. The van der Waals surface area contributed by atoms with Gasteiger partial charge in [-0.15, -0.1) is 11.3 Å². The highest BCUT2D eigenvalue weighted by Gasteiger charge is 2.57. The van der Waals surface area contributed by atoms with Crippen molar-refractivity contribution in [3.8, 4) is 0 Å². The molecule has 1 unspecified atom stereocenters. The lowest BCUT2D eigenvalue weighted by molar-refractivity contribution is -0.147. The third-order valence-electron chi connectivity index (χ3n) is 4.79. The van der Waals surface area contributed by atoms with E-state index in [-0.39, 0.29) is 22.8 Å². The van der Waals surface area contributed by atoms with E-state index >= 15 is 0 Å². The van der Waals surface area contributed by atoms with Crippen molar-refractivity contribution >= 4 is 70.1 Å². The number of aromatic nitrogens is 1. The first-order valence-electron chi connectivity index (χ1n) is 9.95. The summed E-state index contributed by atoms with van der Waals surface area (Å²) in [6.07, 6.45) is -0.0796. The number of carbonyl (C=O) groups is 6. The molecule has 17 heteroatoms. The van der Waals surface area contributed by atoms with E-state index < -0.39 is 64.6 Å². The van der Waals surface area contributed by atoms with E-state index in [1.165, 1.54) is 12.5 Å². The first-order valence-corrected chi connectivity index (χ1v) is 11.7. The van der Waals surface area contributed by atoms with Crippen molar-refractivity contribution in [3.05, 3.63) is 22.3 Å². The molecular formula is C19H19N5O10S2. The lowest BCUT2D eigenvalue weighted by Crippen LogP contribution is -2.61. The fraction of sp³-hybridized carbons (Fsp3) is 0.368. The molecule has 192 valence electrons. The van der Waals surface area contributed by atoms with Gasteiger partial charge in [-0.3, -0.25) is 28.9 Å². The molecule has 3 rings (SSSR count). The van der Waals surface area contributed by atoms with E-state index in [4.69, 9.17) is 9.84 Å². The molecule has 0 bridgehead atoms. The number of carbonyl (C=O) groups excluding carboxylic acids is 4. The summed E-state index contributed by atoms with van der Waals surface area (Å²) in [5.41, 5.74) is -0.640. The maximum atomic E-state index is 12.7. The number of anilines is 1. The van der Waals surface area contributed by atoms with Crippen LogP contribution in [0.2, 0.25) is 0 Å². The van der Waals surface area contributed by atoms with Crippen molar-refractivity contribution in [2.45, 2.75) is 30.0 Å². The minimum Gasteiger partial charge on any atom is -0.481 e. The van der Waals surface area contributed by atoms with Gasteiger partial charge in [0.25, 0.3) is 5.91 Å². The number of esters is 1. The van der Waals surface area contributed by atoms with Crippen molar-refractivity contribution < 1.29 is 48.6 Å². The summed E-state index contributed by atoms with van der Waals surface area (Å²) in [6, 6.07) is 0.